The van der Waals surface area contributed by atoms with Crippen molar-refractivity contribution in [2.24, 2.45) is 5.92 Å². The van der Waals surface area contributed by atoms with E-state index in [1.807, 2.05) is 19.1 Å². The van der Waals surface area contributed by atoms with Crippen LogP contribution in [0.15, 0.2) is 51.8 Å². The normalized spacial score (nSPS) is 20.0. The zero-order valence-corrected chi connectivity index (χ0v) is 20.0. The van der Waals surface area contributed by atoms with Gasteiger partial charge in [-0.1, -0.05) is 31.2 Å². The van der Waals surface area contributed by atoms with Gasteiger partial charge in [0.2, 0.25) is 10.0 Å². The highest BCUT2D eigenvalue weighted by atomic mass is 32.2. The summed E-state index contributed by atoms with van der Waals surface area (Å²) in [6.07, 6.45) is 4.69. The average molecular weight is 467 g/mol. The quantitative estimate of drug-likeness (QED) is 0.589. The van der Waals surface area contributed by atoms with Crippen LogP contribution in [0.2, 0.25) is 0 Å². The van der Waals surface area contributed by atoms with E-state index in [0.29, 0.717) is 35.5 Å². The van der Waals surface area contributed by atoms with Crippen LogP contribution in [-0.4, -0.2) is 31.7 Å². The second-order valence-electron chi connectivity index (χ2n) is 9.42. The summed E-state index contributed by atoms with van der Waals surface area (Å²) >= 11 is 0. The monoisotopic (exact) mass is 466 g/mol. The van der Waals surface area contributed by atoms with Crippen LogP contribution in [0.3, 0.4) is 0 Å². The Hall–Kier alpha value is -2.64. The van der Waals surface area contributed by atoms with E-state index in [0.717, 1.165) is 37.7 Å². The molecule has 1 amide bonds. The van der Waals surface area contributed by atoms with Crippen molar-refractivity contribution in [1.82, 2.24) is 9.62 Å². The van der Waals surface area contributed by atoms with Gasteiger partial charge in [0.15, 0.2) is 5.76 Å². The topological polar surface area (TPSA) is 79.6 Å². The first-order chi connectivity index (χ1) is 15.8. The third kappa shape index (κ3) is 4.08. The Bertz CT molecular complexity index is 1300. The number of furan rings is 1. The van der Waals surface area contributed by atoms with Gasteiger partial charge in [0, 0.05) is 24.0 Å². The fourth-order valence-electron chi connectivity index (χ4n) is 5.08. The minimum atomic E-state index is -3.57. The van der Waals surface area contributed by atoms with Crippen molar-refractivity contribution in [1.29, 1.82) is 0 Å². The molecular weight excluding hydrogens is 436 g/mol. The molecule has 0 bridgehead atoms. The molecule has 2 aliphatic rings. The van der Waals surface area contributed by atoms with Crippen molar-refractivity contribution in [3.8, 4) is 0 Å². The number of sulfonamides is 1. The second-order valence-corrected chi connectivity index (χ2v) is 11.4. The van der Waals surface area contributed by atoms with Gasteiger partial charge in [-0.15, -0.1) is 0 Å². The third-order valence-electron chi connectivity index (χ3n) is 7.17. The van der Waals surface area contributed by atoms with Crippen molar-refractivity contribution in [2.75, 3.05) is 13.1 Å². The van der Waals surface area contributed by atoms with Crippen LogP contribution >= 0.6 is 0 Å². The number of nitrogens with zero attached hydrogens (tertiary/aromatic N) is 1. The number of hydrogen-bond donors (Lipinski definition) is 1. The molecule has 0 radical (unpaired) electrons. The lowest BCUT2D eigenvalue weighted by molar-refractivity contribution is 0.0906. The van der Waals surface area contributed by atoms with Crippen LogP contribution in [0, 0.1) is 12.8 Å². The lowest BCUT2D eigenvalue weighted by Gasteiger charge is -2.29. The van der Waals surface area contributed by atoms with E-state index in [2.05, 4.69) is 24.4 Å². The molecule has 1 aromatic heterocycles. The van der Waals surface area contributed by atoms with Crippen LogP contribution in [0.5, 0.6) is 0 Å². The number of piperidine rings is 1. The number of benzene rings is 2. The van der Waals surface area contributed by atoms with Gasteiger partial charge < -0.3 is 9.73 Å². The van der Waals surface area contributed by atoms with E-state index >= 15 is 0 Å². The van der Waals surface area contributed by atoms with Gasteiger partial charge in [-0.3, -0.25) is 4.79 Å². The summed E-state index contributed by atoms with van der Waals surface area (Å²) in [5.74, 6) is 0.529. The Morgan fingerprint density at radius 2 is 1.85 bits per heavy atom. The van der Waals surface area contributed by atoms with Crippen LogP contribution in [0.25, 0.3) is 11.0 Å². The van der Waals surface area contributed by atoms with E-state index in [1.165, 1.54) is 5.56 Å². The number of carbonyl (C=O) groups excluding carboxylic acids is 1. The summed E-state index contributed by atoms with van der Waals surface area (Å²) in [6.45, 7) is 5.06. The lowest BCUT2D eigenvalue weighted by atomic mass is 9.87. The zero-order chi connectivity index (χ0) is 23.2. The van der Waals surface area contributed by atoms with E-state index in [4.69, 9.17) is 4.42 Å². The Morgan fingerprint density at radius 1 is 1.09 bits per heavy atom. The predicted molar refractivity (Wildman–Crippen MR) is 128 cm³/mol. The highest BCUT2D eigenvalue weighted by Crippen LogP contribution is 2.33. The molecule has 1 aliphatic heterocycles. The molecular formula is C26H30N2O4S. The highest BCUT2D eigenvalue weighted by molar-refractivity contribution is 7.89. The molecule has 1 saturated heterocycles. The Kier molecular flexibility index (Phi) is 5.79. The lowest BCUT2D eigenvalue weighted by Crippen LogP contribution is -2.37. The van der Waals surface area contributed by atoms with Crippen LogP contribution in [-0.2, 0) is 16.4 Å². The Morgan fingerprint density at radius 3 is 2.64 bits per heavy atom. The molecule has 2 aromatic carbocycles. The molecule has 3 aromatic rings. The van der Waals surface area contributed by atoms with E-state index in [-0.39, 0.29) is 22.6 Å². The maximum absolute atomic E-state index is 13.2. The number of hydrogen-bond acceptors (Lipinski definition) is 4. The van der Waals surface area contributed by atoms with Crippen molar-refractivity contribution in [2.45, 2.75) is 56.9 Å². The smallest absolute Gasteiger partial charge is 0.287 e. The molecule has 33 heavy (non-hydrogen) atoms. The summed E-state index contributed by atoms with van der Waals surface area (Å²) in [4.78, 5) is 13.4. The van der Waals surface area contributed by atoms with E-state index in [1.54, 1.807) is 22.5 Å². The third-order valence-corrected chi connectivity index (χ3v) is 9.06. The number of nitrogens with one attached hydrogen (secondary N) is 1. The molecule has 6 nitrogen and oxygen atoms in total. The van der Waals surface area contributed by atoms with Gasteiger partial charge in [-0.25, -0.2) is 8.42 Å². The molecule has 1 N–H and O–H groups in total. The molecule has 5 rings (SSSR count). The summed E-state index contributed by atoms with van der Waals surface area (Å²) in [6, 6.07) is 13.1. The summed E-state index contributed by atoms with van der Waals surface area (Å²) < 4.78 is 33.8. The molecule has 0 saturated carbocycles. The summed E-state index contributed by atoms with van der Waals surface area (Å²) in [5, 5.41) is 3.80. The minimum Gasteiger partial charge on any atom is -0.451 e. The Balaban J connectivity index is 1.42. The number of rotatable bonds is 4. The molecule has 0 unspecified atom stereocenters. The standard InChI is InChI=1S/C26H30N2O4S/c1-17-12-14-28(15-13-17)33(30,31)20-10-11-24-22(16-20)18(2)25(32-24)26(29)27-23-9-5-7-19-6-3-4-8-21(19)23/h3-4,6,8,10-11,16-17,23H,5,7,9,12-15H2,1-2H3,(H,27,29)/t23-/m0/s1. The first-order valence-corrected chi connectivity index (χ1v) is 13.2. The van der Waals surface area contributed by atoms with E-state index < -0.39 is 10.0 Å². The fraction of sp³-hybridized carbons (Fsp3) is 0.423. The van der Waals surface area contributed by atoms with Gasteiger partial charge in [-0.05, 0) is 74.3 Å². The van der Waals surface area contributed by atoms with Crippen LogP contribution in [0.4, 0.5) is 0 Å². The van der Waals surface area contributed by atoms with Crippen molar-refractivity contribution >= 4 is 26.9 Å². The van der Waals surface area contributed by atoms with E-state index in [9.17, 15) is 13.2 Å². The number of carbonyl (C=O) groups is 1. The van der Waals surface area contributed by atoms with Gasteiger partial charge in [-0.2, -0.15) is 4.31 Å². The molecule has 1 atom stereocenters. The fourth-order valence-corrected chi connectivity index (χ4v) is 6.58. The van der Waals surface area contributed by atoms with Crippen LogP contribution in [0.1, 0.15) is 65.9 Å². The summed E-state index contributed by atoms with van der Waals surface area (Å²) in [5.41, 5.74) is 3.62. The first-order valence-electron chi connectivity index (χ1n) is 11.8. The number of fused-ring (bicyclic) bond motifs is 2. The van der Waals surface area contributed by atoms with Crippen LogP contribution < -0.4 is 5.32 Å². The molecule has 1 aliphatic carbocycles. The molecule has 0 spiro atoms. The van der Waals surface area contributed by atoms with Gasteiger partial charge in [0.25, 0.3) is 5.91 Å². The Labute approximate surface area is 195 Å². The molecule has 2 heterocycles. The average Bonchev–Trinajstić information content (AvgIpc) is 3.15. The highest BCUT2D eigenvalue weighted by Gasteiger charge is 2.30. The molecule has 174 valence electrons. The van der Waals surface area contributed by atoms with Gasteiger partial charge in [0.05, 0.1) is 10.9 Å². The number of amides is 1. The molecule has 7 heteroatoms. The van der Waals surface area contributed by atoms with Crippen molar-refractivity contribution < 1.29 is 17.6 Å². The van der Waals surface area contributed by atoms with Gasteiger partial charge >= 0.3 is 0 Å². The number of aryl methyl sites for hydroxylation is 2. The predicted octanol–water partition coefficient (Wildman–Crippen LogP) is 4.97. The second kappa shape index (κ2) is 8.61. The maximum atomic E-state index is 13.2. The zero-order valence-electron chi connectivity index (χ0n) is 19.1. The summed E-state index contributed by atoms with van der Waals surface area (Å²) in [7, 11) is -3.57. The van der Waals surface area contributed by atoms with Gasteiger partial charge in [0.1, 0.15) is 5.58 Å². The van der Waals surface area contributed by atoms with Crippen molar-refractivity contribution in [3.05, 3.63) is 64.9 Å². The first kappa shape index (κ1) is 22.2. The largest absolute Gasteiger partial charge is 0.451 e. The van der Waals surface area contributed by atoms with Crippen molar-refractivity contribution in [3.63, 3.8) is 0 Å². The minimum absolute atomic E-state index is 0.0486. The molecule has 1 fully saturated rings. The SMILES string of the molecule is Cc1c(C(=O)N[C@H]2CCCc3ccccc32)oc2ccc(S(=O)(=O)N3CCC(C)CC3)cc12. The maximum Gasteiger partial charge on any atom is 0.287 e.